The summed E-state index contributed by atoms with van der Waals surface area (Å²) in [6.07, 6.45) is 6.27. The molecule has 2 aliphatic heterocycles. The van der Waals surface area contributed by atoms with Gasteiger partial charge in [-0.1, -0.05) is 0 Å². The number of piperidine rings is 1. The third kappa shape index (κ3) is 2.68. The van der Waals surface area contributed by atoms with Gasteiger partial charge in [-0.2, -0.15) is 0 Å². The van der Waals surface area contributed by atoms with Gasteiger partial charge in [0, 0.05) is 30.9 Å². The molecule has 2 unspecified atom stereocenters. The minimum absolute atomic E-state index is 0.0933. The van der Waals surface area contributed by atoms with E-state index >= 15 is 0 Å². The Morgan fingerprint density at radius 2 is 2.32 bits per heavy atom. The number of hydrogen-bond acceptors (Lipinski definition) is 5. The lowest BCUT2D eigenvalue weighted by molar-refractivity contribution is -0.384. The van der Waals surface area contributed by atoms with Gasteiger partial charge in [0.1, 0.15) is 5.82 Å². The van der Waals surface area contributed by atoms with Crippen LogP contribution in [-0.4, -0.2) is 40.0 Å². The molecule has 3 rings (SSSR count). The fourth-order valence-corrected chi connectivity index (χ4v) is 3.18. The van der Waals surface area contributed by atoms with Crippen LogP contribution < -0.4 is 5.32 Å². The lowest BCUT2D eigenvalue weighted by Gasteiger charge is -2.35. The molecule has 19 heavy (non-hydrogen) atoms. The van der Waals surface area contributed by atoms with Crippen LogP contribution in [0, 0.1) is 10.1 Å². The lowest BCUT2D eigenvalue weighted by atomic mass is 9.97. The number of nitro groups is 1. The molecule has 0 amide bonds. The Labute approximate surface area is 112 Å². The number of nitrogens with one attached hydrogen (secondary N) is 1. The van der Waals surface area contributed by atoms with Gasteiger partial charge in [0.15, 0.2) is 0 Å². The number of pyridine rings is 1. The molecule has 6 nitrogen and oxygen atoms in total. The molecular formula is C13H18N4O2. The second-order valence-electron chi connectivity index (χ2n) is 5.35. The number of fused-ring (bicyclic) bond motifs is 1. The average Bonchev–Trinajstić information content (AvgIpc) is 2.86. The highest BCUT2D eigenvalue weighted by molar-refractivity contribution is 5.44. The molecule has 3 heterocycles. The first-order valence-electron chi connectivity index (χ1n) is 6.83. The molecule has 1 N–H and O–H groups in total. The normalized spacial score (nSPS) is 26.9. The summed E-state index contributed by atoms with van der Waals surface area (Å²) in [5.74, 6) is 0.616. The van der Waals surface area contributed by atoms with Gasteiger partial charge in [0.05, 0.1) is 11.0 Å². The largest absolute Gasteiger partial charge is 0.367 e. The molecule has 2 fully saturated rings. The average molecular weight is 262 g/mol. The van der Waals surface area contributed by atoms with Crippen LogP contribution in [0.1, 0.15) is 25.7 Å². The molecule has 0 aliphatic carbocycles. The van der Waals surface area contributed by atoms with E-state index in [0.717, 1.165) is 19.4 Å². The number of aromatic nitrogens is 1. The number of anilines is 1. The van der Waals surface area contributed by atoms with Crippen LogP contribution >= 0.6 is 0 Å². The molecule has 0 saturated carbocycles. The van der Waals surface area contributed by atoms with Crippen molar-refractivity contribution in [2.24, 2.45) is 0 Å². The lowest BCUT2D eigenvalue weighted by Crippen LogP contribution is -2.42. The van der Waals surface area contributed by atoms with Crippen molar-refractivity contribution >= 4 is 11.5 Å². The second-order valence-corrected chi connectivity index (χ2v) is 5.35. The first kappa shape index (κ1) is 12.3. The van der Waals surface area contributed by atoms with E-state index in [1.54, 1.807) is 0 Å². The zero-order valence-electron chi connectivity index (χ0n) is 10.8. The van der Waals surface area contributed by atoms with Crippen molar-refractivity contribution in [2.75, 3.05) is 18.4 Å². The highest BCUT2D eigenvalue weighted by atomic mass is 16.6. The van der Waals surface area contributed by atoms with Gasteiger partial charge in [0.2, 0.25) is 0 Å². The quantitative estimate of drug-likeness (QED) is 0.666. The topological polar surface area (TPSA) is 71.3 Å². The minimum Gasteiger partial charge on any atom is -0.367 e. The summed E-state index contributed by atoms with van der Waals surface area (Å²) in [6.45, 7) is 2.35. The Hall–Kier alpha value is -1.69. The summed E-state index contributed by atoms with van der Waals surface area (Å²) >= 11 is 0. The third-order valence-corrected chi connectivity index (χ3v) is 4.13. The van der Waals surface area contributed by atoms with Crippen molar-refractivity contribution in [2.45, 2.75) is 37.8 Å². The van der Waals surface area contributed by atoms with Crippen molar-refractivity contribution < 1.29 is 4.92 Å². The molecule has 1 aromatic heterocycles. The fraction of sp³-hybridized carbons (Fsp3) is 0.615. The van der Waals surface area contributed by atoms with Gasteiger partial charge in [-0.05, 0) is 32.2 Å². The summed E-state index contributed by atoms with van der Waals surface area (Å²) < 4.78 is 0. The molecule has 102 valence electrons. The van der Waals surface area contributed by atoms with Crippen LogP contribution in [0.15, 0.2) is 18.3 Å². The molecular weight excluding hydrogens is 244 g/mol. The summed E-state index contributed by atoms with van der Waals surface area (Å²) in [5, 5.41) is 14.1. The molecule has 0 radical (unpaired) electrons. The van der Waals surface area contributed by atoms with Crippen molar-refractivity contribution in [3.05, 3.63) is 28.4 Å². The van der Waals surface area contributed by atoms with Gasteiger partial charge >= 0.3 is 0 Å². The van der Waals surface area contributed by atoms with Crippen LogP contribution in [0.4, 0.5) is 11.5 Å². The first-order valence-corrected chi connectivity index (χ1v) is 6.83. The molecule has 6 heteroatoms. The zero-order valence-corrected chi connectivity index (χ0v) is 10.8. The first-order chi connectivity index (χ1) is 9.22. The van der Waals surface area contributed by atoms with Crippen LogP contribution in [0.5, 0.6) is 0 Å². The summed E-state index contributed by atoms with van der Waals surface area (Å²) in [7, 11) is 0. The highest BCUT2D eigenvalue weighted by Crippen LogP contribution is 2.28. The number of hydrogen-bond donors (Lipinski definition) is 1. The third-order valence-electron chi connectivity index (χ3n) is 4.13. The molecule has 1 aromatic rings. The Morgan fingerprint density at radius 1 is 1.42 bits per heavy atom. The fourth-order valence-electron chi connectivity index (χ4n) is 3.18. The predicted molar refractivity (Wildman–Crippen MR) is 72.1 cm³/mol. The summed E-state index contributed by atoms with van der Waals surface area (Å²) in [5.41, 5.74) is 0.0933. The van der Waals surface area contributed by atoms with E-state index in [9.17, 15) is 10.1 Å². The number of nitrogens with zero attached hydrogens (tertiary/aromatic N) is 3. The van der Waals surface area contributed by atoms with E-state index in [1.807, 2.05) is 0 Å². The van der Waals surface area contributed by atoms with Crippen molar-refractivity contribution in [3.8, 4) is 0 Å². The van der Waals surface area contributed by atoms with E-state index in [2.05, 4.69) is 15.2 Å². The summed E-state index contributed by atoms with van der Waals surface area (Å²) in [6, 6.07) is 4.00. The molecule has 2 saturated heterocycles. The maximum Gasteiger partial charge on any atom is 0.274 e. The summed E-state index contributed by atoms with van der Waals surface area (Å²) in [4.78, 5) is 17.1. The standard InChI is InChI=1S/C13H18N4O2/c18-17(19)12-3-5-14-13(9-12)15-10-4-7-16-6-1-2-11(16)8-10/h3,5,9-11H,1-2,4,6-8H2,(H,14,15). The van der Waals surface area contributed by atoms with Crippen LogP contribution in [-0.2, 0) is 0 Å². The van der Waals surface area contributed by atoms with Gasteiger partial charge in [-0.15, -0.1) is 0 Å². The number of rotatable bonds is 3. The molecule has 2 aliphatic rings. The maximum atomic E-state index is 10.7. The second kappa shape index (κ2) is 5.13. The Bertz CT molecular complexity index is 479. The zero-order chi connectivity index (χ0) is 13.2. The van der Waals surface area contributed by atoms with Crippen LogP contribution in [0.2, 0.25) is 0 Å². The van der Waals surface area contributed by atoms with E-state index in [0.29, 0.717) is 17.9 Å². The van der Waals surface area contributed by atoms with E-state index in [-0.39, 0.29) is 10.6 Å². The molecule has 0 aromatic carbocycles. The minimum atomic E-state index is -0.383. The van der Waals surface area contributed by atoms with Gasteiger partial charge in [-0.3, -0.25) is 10.1 Å². The Balaban J connectivity index is 1.65. The van der Waals surface area contributed by atoms with Gasteiger partial charge < -0.3 is 10.2 Å². The smallest absolute Gasteiger partial charge is 0.274 e. The van der Waals surface area contributed by atoms with E-state index in [1.165, 1.54) is 37.7 Å². The van der Waals surface area contributed by atoms with Crippen molar-refractivity contribution in [1.82, 2.24) is 9.88 Å². The monoisotopic (exact) mass is 262 g/mol. The molecule has 2 atom stereocenters. The van der Waals surface area contributed by atoms with Crippen molar-refractivity contribution in [1.29, 1.82) is 0 Å². The van der Waals surface area contributed by atoms with Gasteiger partial charge in [0.25, 0.3) is 5.69 Å². The Kier molecular flexibility index (Phi) is 3.33. The SMILES string of the molecule is O=[N+]([O-])c1ccnc(NC2CCN3CCCC3C2)c1. The Morgan fingerprint density at radius 3 is 3.16 bits per heavy atom. The van der Waals surface area contributed by atoms with Gasteiger partial charge in [-0.25, -0.2) is 4.98 Å². The van der Waals surface area contributed by atoms with E-state index in [4.69, 9.17) is 0 Å². The van der Waals surface area contributed by atoms with E-state index < -0.39 is 0 Å². The maximum absolute atomic E-state index is 10.7. The van der Waals surface area contributed by atoms with Crippen LogP contribution in [0.25, 0.3) is 0 Å². The molecule has 0 spiro atoms. The molecule has 0 bridgehead atoms. The predicted octanol–water partition coefficient (Wildman–Crippen LogP) is 2.03. The van der Waals surface area contributed by atoms with Crippen LogP contribution in [0.3, 0.4) is 0 Å². The van der Waals surface area contributed by atoms with Crippen molar-refractivity contribution in [3.63, 3.8) is 0 Å². The highest BCUT2D eigenvalue weighted by Gasteiger charge is 2.31.